The second-order valence-electron chi connectivity index (χ2n) is 4.97. The zero-order chi connectivity index (χ0) is 16.6. The van der Waals surface area contributed by atoms with Crippen LogP contribution >= 0.6 is 0 Å². The molecule has 0 saturated heterocycles. The maximum absolute atomic E-state index is 14.3. The summed E-state index contributed by atoms with van der Waals surface area (Å²) < 4.78 is 28.5. The molecule has 112 valence electrons. The Morgan fingerprint density at radius 2 is 1.74 bits per heavy atom. The van der Waals surface area contributed by atoms with E-state index in [-0.39, 0.29) is 22.3 Å². The van der Waals surface area contributed by atoms with Crippen LogP contribution in [0.5, 0.6) is 0 Å². The minimum absolute atomic E-state index is 0.0272. The van der Waals surface area contributed by atoms with Gasteiger partial charge in [-0.05, 0) is 40.6 Å². The highest BCUT2D eigenvalue weighted by atomic mass is 19.1. The molecule has 0 unspecified atom stereocenters. The van der Waals surface area contributed by atoms with E-state index in [1.807, 2.05) is 0 Å². The predicted octanol–water partition coefficient (Wildman–Crippen LogP) is 4.35. The standard InChI is InChI=1S/C18H9F2NO2/c19-15-6-10(9-21)7-16(20)17(15)13-3-1-2-11-4-5-12(18(22)23)8-14(11)13/h1-8H,(H,22,23). The largest absolute Gasteiger partial charge is 0.478 e. The zero-order valence-corrected chi connectivity index (χ0v) is 11.7. The van der Waals surface area contributed by atoms with Crippen LogP contribution in [0.4, 0.5) is 8.78 Å². The van der Waals surface area contributed by atoms with Gasteiger partial charge in [0.2, 0.25) is 0 Å². The molecular formula is C18H9F2NO2. The van der Waals surface area contributed by atoms with E-state index in [9.17, 15) is 13.6 Å². The van der Waals surface area contributed by atoms with Gasteiger partial charge in [0.05, 0.1) is 22.8 Å². The molecule has 5 heteroatoms. The molecule has 0 aliphatic carbocycles. The van der Waals surface area contributed by atoms with Crippen molar-refractivity contribution in [1.29, 1.82) is 5.26 Å². The van der Waals surface area contributed by atoms with Gasteiger partial charge in [-0.15, -0.1) is 0 Å². The quantitative estimate of drug-likeness (QED) is 0.765. The summed E-state index contributed by atoms with van der Waals surface area (Å²) in [6.07, 6.45) is 0. The van der Waals surface area contributed by atoms with Gasteiger partial charge >= 0.3 is 5.97 Å². The number of carboxylic acid groups (broad SMARTS) is 1. The number of benzene rings is 3. The summed E-state index contributed by atoms with van der Waals surface area (Å²) in [5.74, 6) is -2.85. The molecule has 0 aliphatic rings. The molecule has 0 atom stereocenters. The lowest BCUT2D eigenvalue weighted by atomic mass is 9.95. The first-order valence-electron chi connectivity index (χ1n) is 6.67. The van der Waals surface area contributed by atoms with E-state index in [0.717, 1.165) is 12.1 Å². The first-order chi connectivity index (χ1) is 11.0. The van der Waals surface area contributed by atoms with E-state index in [4.69, 9.17) is 10.4 Å². The van der Waals surface area contributed by atoms with Crippen LogP contribution in [0.3, 0.4) is 0 Å². The molecular weight excluding hydrogens is 300 g/mol. The molecule has 0 amide bonds. The fraction of sp³-hybridized carbons (Fsp3) is 0. The van der Waals surface area contributed by atoms with Crippen molar-refractivity contribution in [3.05, 3.63) is 71.3 Å². The highest BCUT2D eigenvalue weighted by Crippen LogP contribution is 2.33. The van der Waals surface area contributed by atoms with Crippen molar-refractivity contribution in [2.75, 3.05) is 0 Å². The van der Waals surface area contributed by atoms with Crippen LogP contribution in [0.25, 0.3) is 21.9 Å². The van der Waals surface area contributed by atoms with E-state index in [0.29, 0.717) is 10.8 Å². The van der Waals surface area contributed by atoms with Gasteiger partial charge in [0.1, 0.15) is 11.6 Å². The average Bonchev–Trinajstić information content (AvgIpc) is 2.53. The van der Waals surface area contributed by atoms with E-state index in [2.05, 4.69) is 0 Å². The van der Waals surface area contributed by atoms with Gasteiger partial charge in [0.25, 0.3) is 0 Å². The van der Waals surface area contributed by atoms with Crippen molar-refractivity contribution in [2.45, 2.75) is 0 Å². The smallest absolute Gasteiger partial charge is 0.335 e. The van der Waals surface area contributed by atoms with Gasteiger partial charge in [-0.1, -0.05) is 24.3 Å². The fourth-order valence-corrected chi connectivity index (χ4v) is 2.52. The van der Waals surface area contributed by atoms with Gasteiger partial charge in [-0.3, -0.25) is 0 Å². The van der Waals surface area contributed by atoms with Crippen LogP contribution < -0.4 is 0 Å². The van der Waals surface area contributed by atoms with E-state index >= 15 is 0 Å². The molecule has 1 N–H and O–H groups in total. The van der Waals surface area contributed by atoms with Gasteiger partial charge in [0.15, 0.2) is 0 Å². The number of nitriles is 1. The van der Waals surface area contributed by atoms with Crippen molar-refractivity contribution < 1.29 is 18.7 Å². The molecule has 0 aliphatic heterocycles. The number of carbonyl (C=O) groups is 1. The normalized spacial score (nSPS) is 10.5. The van der Waals surface area contributed by atoms with Crippen molar-refractivity contribution in [3.63, 3.8) is 0 Å². The van der Waals surface area contributed by atoms with Gasteiger partial charge < -0.3 is 5.11 Å². The molecule has 0 radical (unpaired) electrons. The maximum atomic E-state index is 14.3. The summed E-state index contributed by atoms with van der Waals surface area (Å²) in [6.45, 7) is 0. The Morgan fingerprint density at radius 1 is 1.04 bits per heavy atom. The lowest BCUT2D eigenvalue weighted by Crippen LogP contribution is -1.97. The molecule has 0 bridgehead atoms. The Labute approximate surface area is 130 Å². The Balaban J connectivity index is 2.35. The number of fused-ring (bicyclic) bond motifs is 1. The predicted molar refractivity (Wildman–Crippen MR) is 81.0 cm³/mol. The van der Waals surface area contributed by atoms with Crippen molar-refractivity contribution in [3.8, 4) is 17.2 Å². The third-order valence-electron chi connectivity index (χ3n) is 3.57. The molecule has 3 aromatic carbocycles. The Hall–Kier alpha value is -3.26. The number of carboxylic acids is 1. The van der Waals surface area contributed by atoms with Crippen molar-refractivity contribution in [2.24, 2.45) is 0 Å². The molecule has 3 rings (SSSR count). The molecule has 23 heavy (non-hydrogen) atoms. The summed E-state index contributed by atoms with van der Waals surface area (Å²) in [5, 5.41) is 19.0. The first kappa shape index (κ1) is 14.7. The third-order valence-corrected chi connectivity index (χ3v) is 3.57. The second kappa shape index (κ2) is 5.50. The Morgan fingerprint density at radius 3 is 2.35 bits per heavy atom. The van der Waals surface area contributed by atoms with Crippen LogP contribution in [-0.2, 0) is 0 Å². The minimum atomic E-state index is -1.12. The van der Waals surface area contributed by atoms with Gasteiger partial charge in [0, 0.05) is 0 Å². The number of nitrogens with zero attached hydrogens (tertiary/aromatic N) is 1. The van der Waals surface area contributed by atoms with Crippen LogP contribution in [0.2, 0.25) is 0 Å². The Kier molecular flexibility index (Phi) is 3.51. The summed E-state index contributed by atoms with van der Waals surface area (Å²) in [5.41, 5.74) is -0.128. The average molecular weight is 309 g/mol. The highest BCUT2D eigenvalue weighted by Gasteiger charge is 2.16. The molecule has 3 aromatic rings. The minimum Gasteiger partial charge on any atom is -0.478 e. The van der Waals surface area contributed by atoms with Gasteiger partial charge in [-0.25, -0.2) is 13.6 Å². The molecule has 0 aromatic heterocycles. The van der Waals surface area contributed by atoms with E-state index in [1.165, 1.54) is 18.2 Å². The number of halogens is 2. The van der Waals surface area contributed by atoms with Gasteiger partial charge in [-0.2, -0.15) is 5.26 Å². The van der Waals surface area contributed by atoms with Crippen LogP contribution in [0.15, 0.2) is 48.5 Å². The highest BCUT2D eigenvalue weighted by molar-refractivity contribution is 6.01. The number of hydrogen-bond acceptors (Lipinski definition) is 2. The Bertz CT molecular complexity index is 967. The van der Waals surface area contributed by atoms with Crippen LogP contribution in [-0.4, -0.2) is 11.1 Å². The molecule has 0 fully saturated rings. The van der Waals surface area contributed by atoms with E-state index in [1.54, 1.807) is 24.3 Å². The lowest BCUT2D eigenvalue weighted by Gasteiger charge is -2.10. The van der Waals surface area contributed by atoms with Crippen molar-refractivity contribution >= 4 is 16.7 Å². The number of aromatic carboxylic acids is 1. The van der Waals surface area contributed by atoms with Crippen LogP contribution in [0.1, 0.15) is 15.9 Å². The topological polar surface area (TPSA) is 61.1 Å². The van der Waals surface area contributed by atoms with Crippen molar-refractivity contribution in [1.82, 2.24) is 0 Å². The third kappa shape index (κ3) is 2.51. The molecule has 3 nitrogen and oxygen atoms in total. The first-order valence-corrected chi connectivity index (χ1v) is 6.67. The molecule has 0 heterocycles. The summed E-state index contributed by atoms with van der Waals surface area (Å²) in [4.78, 5) is 11.1. The lowest BCUT2D eigenvalue weighted by molar-refractivity contribution is 0.0697. The summed E-state index contributed by atoms with van der Waals surface area (Å²) >= 11 is 0. The summed E-state index contributed by atoms with van der Waals surface area (Å²) in [6, 6.07) is 12.9. The second-order valence-corrected chi connectivity index (χ2v) is 4.97. The van der Waals surface area contributed by atoms with Crippen LogP contribution in [0, 0.1) is 23.0 Å². The maximum Gasteiger partial charge on any atom is 0.335 e. The number of hydrogen-bond donors (Lipinski definition) is 1. The summed E-state index contributed by atoms with van der Waals surface area (Å²) in [7, 11) is 0. The fourth-order valence-electron chi connectivity index (χ4n) is 2.52. The monoisotopic (exact) mass is 309 g/mol. The zero-order valence-electron chi connectivity index (χ0n) is 11.7. The molecule has 0 saturated carbocycles. The van der Waals surface area contributed by atoms with E-state index < -0.39 is 17.6 Å². The number of rotatable bonds is 2. The molecule has 0 spiro atoms. The SMILES string of the molecule is N#Cc1cc(F)c(-c2cccc3ccc(C(=O)O)cc23)c(F)c1.